The van der Waals surface area contributed by atoms with E-state index < -0.39 is 0 Å². The minimum Gasteiger partial charge on any atom is -0.455 e. The van der Waals surface area contributed by atoms with Crippen molar-refractivity contribution in [3.05, 3.63) is 58.1 Å². The number of hydrogen-bond donors (Lipinski definition) is 1. The summed E-state index contributed by atoms with van der Waals surface area (Å²) in [5, 5.41) is 3.96. The van der Waals surface area contributed by atoms with Gasteiger partial charge in [0.15, 0.2) is 0 Å². The van der Waals surface area contributed by atoms with Crippen molar-refractivity contribution >= 4 is 35.0 Å². The lowest BCUT2D eigenvalue weighted by molar-refractivity contribution is -0.133. The first-order chi connectivity index (χ1) is 14.3. The maximum atomic E-state index is 12.9. The highest BCUT2D eigenvalue weighted by Crippen LogP contribution is 2.33. The first-order valence-corrected chi connectivity index (χ1v) is 10.9. The van der Waals surface area contributed by atoms with Crippen LogP contribution in [0.1, 0.15) is 43.5 Å². The fourth-order valence-electron chi connectivity index (χ4n) is 3.43. The largest absolute Gasteiger partial charge is 0.455 e. The first kappa shape index (κ1) is 22.4. The maximum Gasteiger partial charge on any atom is 0.255 e. The number of halogens is 2. The van der Waals surface area contributed by atoms with Crippen LogP contribution in [0, 0.1) is 5.92 Å². The van der Waals surface area contributed by atoms with E-state index in [0.29, 0.717) is 52.5 Å². The molecule has 0 aromatic heterocycles. The first-order valence-electron chi connectivity index (χ1n) is 10.1. The van der Waals surface area contributed by atoms with Crippen LogP contribution in [0.15, 0.2) is 42.5 Å². The molecule has 2 aromatic rings. The van der Waals surface area contributed by atoms with E-state index in [-0.39, 0.29) is 17.9 Å². The molecule has 0 unspecified atom stereocenters. The highest BCUT2D eigenvalue weighted by molar-refractivity contribution is 6.35. The monoisotopic (exact) mass is 448 g/mol. The summed E-state index contributed by atoms with van der Waals surface area (Å²) < 4.78 is 5.89. The molecular formula is C23H26Cl2N2O3. The second-order valence-electron chi connectivity index (χ2n) is 7.90. The summed E-state index contributed by atoms with van der Waals surface area (Å²) in [5.41, 5.74) is 0.432. The average molecular weight is 449 g/mol. The molecule has 5 nitrogen and oxygen atoms in total. The number of amides is 2. The third-order valence-electron chi connectivity index (χ3n) is 5.01. The zero-order valence-corrected chi connectivity index (χ0v) is 18.7. The number of carbonyl (C=O) groups excluding carboxylic acids is 2. The Hall–Kier alpha value is -2.24. The SMILES string of the molecule is CC(C)CC(=O)N1CCC(NC(=O)c2ccccc2Oc2ccc(Cl)cc2Cl)CC1. The van der Waals surface area contributed by atoms with E-state index in [4.69, 9.17) is 27.9 Å². The van der Waals surface area contributed by atoms with Crippen molar-refractivity contribution < 1.29 is 14.3 Å². The molecule has 1 aliphatic heterocycles. The molecule has 1 N–H and O–H groups in total. The van der Waals surface area contributed by atoms with E-state index in [2.05, 4.69) is 5.32 Å². The number of hydrogen-bond acceptors (Lipinski definition) is 3. The lowest BCUT2D eigenvalue weighted by atomic mass is 10.0. The Kier molecular flexibility index (Phi) is 7.62. The summed E-state index contributed by atoms with van der Waals surface area (Å²) in [6.07, 6.45) is 2.04. The van der Waals surface area contributed by atoms with Gasteiger partial charge in [-0.25, -0.2) is 0 Å². The molecule has 3 rings (SSSR count). The molecule has 2 aromatic carbocycles. The average Bonchev–Trinajstić information content (AvgIpc) is 2.70. The van der Waals surface area contributed by atoms with Gasteiger partial charge in [-0.1, -0.05) is 49.2 Å². The number of rotatable bonds is 6. The maximum absolute atomic E-state index is 12.9. The van der Waals surface area contributed by atoms with Crippen molar-refractivity contribution in [3.63, 3.8) is 0 Å². The summed E-state index contributed by atoms with van der Waals surface area (Å²) >= 11 is 12.1. The van der Waals surface area contributed by atoms with Crippen LogP contribution in [0.5, 0.6) is 11.5 Å². The number of nitrogens with one attached hydrogen (secondary N) is 1. The van der Waals surface area contributed by atoms with Gasteiger partial charge in [0.1, 0.15) is 11.5 Å². The summed E-state index contributed by atoms with van der Waals surface area (Å²) in [6.45, 7) is 5.41. The smallest absolute Gasteiger partial charge is 0.255 e. The van der Waals surface area contributed by atoms with E-state index in [1.54, 1.807) is 42.5 Å². The molecule has 160 valence electrons. The van der Waals surface area contributed by atoms with Gasteiger partial charge in [-0.2, -0.15) is 0 Å². The second kappa shape index (κ2) is 10.2. The topological polar surface area (TPSA) is 58.6 Å². The predicted octanol–water partition coefficient (Wildman–Crippen LogP) is 5.55. The van der Waals surface area contributed by atoms with Crippen molar-refractivity contribution in [3.8, 4) is 11.5 Å². The van der Waals surface area contributed by atoms with Gasteiger partial charge in [0.25, 0.3) is 5.91 Å². The number of nitrogens with zero attached hydrogens (tertiary/aromatic N) is 1. The lowest BCUT2D eigenvalue weighted by Gasteiger charge is -2.33. The minimum atomic E-state index is -0.206. The molecule has 30 heavy (non-hydrogen) atoms. The highest BCUT2D eigenvalue weighted by atomic mass is 35.5. The summed E-state index contributed by atoms with van der Waals surface area (Å²) in [6, 6.07) is 12.0. The number of ether oxygens (including phenoxy) is 1. The van der Waals surface area contributed by atoms with Crippen LogP contribution < -0.4 is 10.1 Å². The van der Waals surface area contributed by atoms with Crippen molar-refractivity contribution in [1.29, 1.82) is 0 Å². The van der Waals surface area contributed by atoms with Crippen LogP contribution in [0.4, 0.5) is 0 Å². The van der Waals surface area contributed by atoms with E-state index in [1.165, 1.54) is 0 Å². The van der Waals surface area contributed by atoms with Gasteiger partial charge in [0.2, 0.25) is 5.91 Å². The van der Waals surface area contributed by atoms with E-state index in [9.17, 15) is 9.59 Å². The van der Waals surface area contributed by atoms with E-state index in [1.807, 2.05) is 18.7 Å². The standard InChI is InChI=1S/C23H26Cl2N2O3/c1-15(2)13-22(28)27-11-9-17(10-12-27)26-23(29)18-5-3-4-6-20(18)30-21-8-7-16(24)14-19(21)25/h3-8,14-15,17H,9-13H2,1-2H3,(H,26,29). The van der Waals surface area contributed by atoms with Crippen LogP contribution in [-0.4, -0.2) is 35.8 Å². The van der Waals surface area contributed by atoms with Crippen LogP contribution in [-0.2, 0) is 4.79 Å². The molecule has 7 heteroatoms. The zero-order valence-electron chi connectivity index (χ0n) is 17.2. The Labute approximate surface area is 187 Å². The number of benzene rings is 2. The van der Waals surface area contributed by atoms with Crippen molar-refractivity contribution in [1.82, 2.24) is 10.2 Å². The number of carbonyl (C=O) groups is 2. The van der Waals surface area contributed by atoms with Gasteiger partial charge in [-0.3, -0.25) is 9.59 Å². The van der Waals surface area contributed by atoms with Crippen molar-refractivity contribution in [2.75, 3.05) is 13.1 Å². The van der Waals surface area contributed by atoms with Crippen LogP contribution >= 0.6 is 23.2 Å². The van der Waals surface area contributed by atoms with Crippen LogP contribution in [0.3, 0.4) is 0 Å². The minimum absolute atomic E-state index is 0.0211. The van der Waals surface area contributed by atoms with Gasteiger partial charge in [0.05, 0.1) is 10.6 Å². The summed E-state index contributed by atoms with van der Waals surface area (Å²) in [5.74, 6) is 1.18. The highest BCUT2D eigenvalue weighted by Gasteiger charge is 2.25. The normalized spacial score (nSPS) is 14.6. The summed E-state index contributed by atoms with van der Waals surface area (Å²) in [7, 11) is 0. The van der Waals surface area contributed by atoms with Crippen molar-refractivity contribution in [2.24, 2.45) is 5.92 Å². The molecule has 0 spiro atoms. The zero-order chi connectivity index (χ0) is 21.7. The van der Waals surface area contributed by atoms with E-state index >= 15 is 0 Å². The second-order valence-corrected chi connectivity index (χ2v) is 8.74. The molecule has 0 radical (unpaired) electrons. The molecule has 1 aliphatic rings. The third kappa shape index (κ3) is 5.89. The Bertz CT molecular complexity index is 909. The third-order valence-corrected chi connectivity index (χ3v) is 5.54. The molecular weight excluding hydrogens is 423 g/mol. The predicted molar refractivity (Wildman–Crippen MR) is 120 cm³/mol. The number of likely N-dealkylation sites (tertiary alicyclic amines) is 1. The van der Waals surface area contributed by atoms with Crippen LogP contribution in [0.25, 0.3) is 0 Å². The van der Waals surface area contributed by atoms with E-state index in [0.717, 1.165) is 12.8 Å². The lowest BCUT2D eigenvalue weighted by Crippen LogP contribution is -2.46. The quantitative estimate of drug-likeness (QED) is 0.629. The molecule has 1 fully saturated rings. The van der Waals surface area contributed by atoms with Gasteiger partial charge in [-0.15, -0.1) is 0 Å². The molecule has 0 saturated carbocycles. The Morgan fingerprint density at radius 2 is 1.80 bits per heavy atom. The number of piperidine rings is 1. The Balaban J connectivity index is 1.62. The molecule has 0 bridgehead atoms. The molecule has 1 saturated heterocycles. The molecule has 0 atom stereocenters. The molecule has 0 aliphatic carbocycles. The van der Waals surface area contributed by atoms with Crippen molar-refractivity contribution in [2.45, 2.75) is 39.2 Å². The number of para-hydroxylation sites is 1. The van der Waals surface area contributed by atoms with Gasteiger partial charge < -0.3 is 15.0 Å². The molecule has 2 amide bonds. The van der Waals surface area contributed by atoms with Gasteiger partial charge in [0, 0.05) is 30.6 Å². The fraction of sp³-hybridized carbons (Fsp3) is 0.391. The van der Waals surface area contributed by atoms with Gasteiger partial charge >= 0.3 is 0 Å². The Morgan fingerprint density at radius 3 is 2.47 bits per heavy atom. The summed E-state index contributed by atoms with van der Waals surface area (Å²) in [4.78, 5) is 27.0. The van der Waals surface area contributed by atoms with Gasteiger partial charge in [-0.05, 0) is 49.1 Å². The Morgan fingerprint density at radius 1 is 1.10 bits per heavy atom. The fourth-order valence-corrected chi connectivity index (χ4v) is 3.88. The van der Waals surface area contributed by atoms with Crippen LogP contribution in [0.2, 0.25) is 10.0 Å². The molecule has 1 heterocycles.